The molecule has 1 N–H and O–H groups in total. The van der Waals surface area contributed by atoms with Crippen molar-refractivity contribution in [3.8, 4) is 0 Å². The van der Waals surface area contributed by atoms with Gasteiger partial charge in [0.25, 0.3) is 0 Å². The van der Waals surface area contributed by atoms with Gasteiger partial charge in [0.05, 0.1) is 0 Å². The summed E-state index contributed by atoms with van der Waals surface area (Å²) < 4.78 is 0. The maximum atomic E-state index is 3.63. The number of hydrogen-bond acceptors (Lipinski definition) is 2. The lowest BCUT2D eigenvalue weighted by molar-refractivity contribution is 0.101. The first-order valence-electron chi connectivity index (χ1n) is 7.50. The molecule has 1 heterocycles. The minimum atomic E-state index is 0.659. The third kappa shape index (κ3) is 5.39. The Hall–Kier alpha value is -0.0800. The van der Waals surface area contributed by atoms with E-state index >= 15 is 0 Å². The lowest BCUT2D eigenvalue weighted by atomic mass is 9.97. The highest BCUT2D eigenvalue weighted by atomic mass is 15.2. The van der Waals surface area contributed by atoms with E-state index in [4.69, 9.17) is 0 Å². The van der Waals surface area contributed by atoms with Crippen molar-refractivity contribution in [3.63, 3.8) is 0 Å². The van der Waals surface area contributed by atoms with Gasteiger partial charge in [-0.25, -0.2) is 0 Å². The van der Waals surface area contributed by atoms with Crippen LogP contribution in [-0.2, 0) is 0 Å². The predicted molar refractivity (Wildman–Crippen MR) is 76.4 cm³/mol. The van der Waals surface area contributed by atoms with Crippen LogP contribution in [0.15, 0.2) is 0 Å². The van der Waals surface area contributed by atoms with Gasteiger partial charge in [0, 0.05) is 31.7 Å². The minimum absolute atomic E-state index is 0.659. The highest BCUT2D eigenvalue weighted by Gasteiger charge is 2.26. The van der Waals surface area contributed by atoms with Crippen LogP contribution in [0.2, 0.25) is 0 Å². The Labute approximate surface area is 108 Å². The second-order valence-corrected chi connectivity index (χ2v) is 6.44. The first kappa shape index (κ1) is 15.0. The fourth-order valence-corrected chi connectivity index (χ4v) is 3.02. The van der Waals surface area contributed by atoms with Crippen LogP contribution in [0.25, 0.3) is 0 Å². The van der Waals surface area contributed by atoms with Gasteiger partial charge < -0.3 is 5.32 Å². The van der Waals surface area contributed by atoms with Crippen molar-refractivity contribution >= 4 is 0 Å². The number of piperazine rings is 1. The highest BCUT2D eigenvalue weighted by Crippen LogP contribution is 2.18. The Kier molecular flexibility index (Phi) is 6.50. The number of nitrogens with zero attached hydrogens (tertiary/aromatic N) is 1. The summed E-state index contributed by atoms with van der Waals surface area (Å²) >= 11 is 0. The molecular formula is C15H32N2. The number of rotatable bonds is 6. The van der Waals surface area contributed by atoms with Crippen molar-refractivity contribution in [2.45, 2.75) is 66.0 Å². The molecule has 2 heteroatoms. The molecule has 0 radical (unpaired) electrons. The summed E-state index contributed by atoms with van der Waals surface area (Å²) in [5, 5.41) is 3.63. The molecule has 0 amide bonds. The zero-order valence-electron chi connectivity index (χ0n) is 12.5. The van der Waals surface area contributed by atoms with E-state index in [-0.39, 0.29) is 0 Å². The monoisotopic (exact) mass is 240 g/mol. The quantitative estimate of drug-likeness (QED) is 0.767. The van der Waals surface area contributed by atoms with E-state index in [0.717, 1.165) is 17.9 Å². The normalized spacial score (nSPS) is 28.6. The third-order valence-corrected chi connectivity index (χ3v) is 3.80. The molecule has 1 aliphatic heterocycles. The van der Waals surface area contributed by atoms with E-state index in [9.17, 15) is 0 Å². The Balaban J connectivity index is 2.48. The molecule has 1 saturated heterocycles. The second kappa shape index (κ2) is 7.38. The minimum Gasteiger partial charge on any atom is -0.311 e. The lowest BCUT2D eigenvalue weighted by Gasteiger charge is -2.41. The zero-order valence-corrected chi connectivity index (χ0v) is 12.5. The van der Waals surface area contributed by atoms with Gasteiger partial charge in [-0.05, 0) is 31.6 Å². The van der Waals surface area contributed by atoms with Gasteiger partial charge in [-0.15, -0.1) is 0 Å². The molecule has 0 spiro atoms. The summed E-state index contributed by atoms with van der Waals surface area (Å²) in [5.41, 5.74) is 0. The molecule has 2 nitrogen and oxygen atoms in total. The van der Waals surface area contributed by atoms with E-state index in [2.05, 4.69) is 44.8 Å². The summed E-state index contributed by atoms with van der Waals surface area (Å²) in [6.45, 7) is 15.4. The fourth-order valence-electron chi connectivity index (χ4n) is 3.02. The molecule has 3 unspecified atom stereocenters. The van der Waals surface area contributed by atoms with E-state index in [0.29, 0.717) is 6.04 Å². The smallest absolute Gasteiger partial charge is 0.0223 e. The molecule has 17 heavy (non-hydrogen) atoms. The largest absolute Gasteiger partial charge is 0.311 e. The molecule has 3 atom stereocenters. The van der Waals surface area contributed by atoms with Crippen molar-refractivity contribution < 1.29 is 0 Å². The molecule has 0 aliphatic carbocycles. The van der Waals surface area contributed by atoms with Gasteiger partial charge in [-0.2, -0.15) is 0 Å². The van der Waals surface area contributed by atoms with Crippen LogP contribution < -0.4 is 5.32 Å². The molecule has 0 aromatic rings. The van der Waals surface area contributed by atoms with Gasteiger partial charge in [0.1, 0.15) is 0 Å². The van der Waals surface area contributed by atoms with Crippen molar-refractivity contribution in [1.29, 1.82) is 0 Å². The Bertz CT molecular complexity index is 203. The Morgan fingerprint density at radius 1 is 1.29 bits per heavy atom. The van der Waals surface area contributed by atoms with Crippen molar-refractivity contribution in [1.82, 2.24) is 10.2 Å². The lowest BCUT2D eigenvalue weighted by Crippen LogP contribution is -2.56. The van der Waals surface area contributed by atoms with Crippen LogP contribution >= 0.6 is 0 Å². The molecular weight excluding hydrogens is 208 g/mol. The van der Waals surface area contributed by atoms with Crippen LogP contribution in [-0.4, -0.2) is 36.6 Å². The summed E-state index contributed by atoms with van der Waals surface area (Å²) in [5.74, 6) is 1.65. The average molecular weight is 240 g/mol. The van der Waals surface area contributed by atoms with Gasteiger partial charge in [0.2, 0.25) is 0 Å². The second-order valence-electron chi connectivity index (χ2n) is 6.44. The fraction of sp³-hybridized carbons (Fsp3) is 1.00. The first-order chi connectivity index (χ1) is 8.02. The maximum Gasteiger partial charge on any atom is 0.0223 e. The maximum absolute atomic E-state index is 3.63. The van der Waals surface area contributed by atoms with Gasteiger partial charge >= 0.3 is 0 Å². The molecule has 0 bridgehead atoms. The standard InChI is InChI=1S/C15H32N2/c1-6-7-13(4)10-17-11-14(5)16-9-15(17)8-12(2)3/h12-16H,6-11H2,1-5H3. The molecule has 1 rings (SSSR count). The molecule has 0 aromatic heterocycles. The van der Waals surface area contributed by atoms with Crippen molar-refractivity contribution in [3.05, 3.63) is 0 Å². The first-order valence-corrected chi connectivity index (χ1v) is 7.50. The van der Waals surface area contributed by atoms with E-state index < -0.39 is 0 Å². The van der Waals surface area contributed by atoms with Crippen LogP contribution in [0.3, 0.4) is 0 Å². The third-order valence-electron chi connectivity index (χ3n) is 3.80. The van der Waals surface area contributed by atoms with Crippen LogP contribution in [0.5, 0.6) is 0 Å². The summed E-state index contributed by atoms with van der Waals surface area (Å²) in [4.78, 5) is 2.74. The number of nitrogens with one attached hydrogen (secondary N) is 1. The topological polar surface area (TPSA) is 15.3 Å². The Morgan fingerprint density at radius 2 is 2.00 bits per heavy atom. The Morgan fingerprint density at radius 3 is 2.59 bits per heavy atom. The predicted octanol–water partition coefficient (Wildman–Crippen LogP) is 3.13. The van der Waals surface area contributed by atoms with Crippen LogP contribution in [0.1, 0.15) is 53.9 Å². The van der Waals surface area contributed by atoms with Crippen LogP contribution in [0.4, 0.5) is 0 Å². The zero-order chi connectivity index (χ0) is 12.8. The van der Waals surface area contributed by atoms with Gasteiger partial charge in [-0.3, -0.25) is 4.90 Å². The summed E-state index contributed by atoms with van der Waals surface area (Å²) in [7, 11) is 0. The molecule has 1 fully saturated rings. The average Bonchev–Trinajstić information content (AvgIpc) is 2.22. The van der Waals surface area contributed by atoms with Gasteiger partial charge in [-0.1, -0.05) is 34.1 Å². The number of hydrogen-bond donors (Lipinski definition) is 1. The summed E-state index contributed by atoms with van der Waals surface area (Å²) in [6.07, 6.45) is 4.02. The van der Waals surface area contributed by atoms with E-state index in [1.54, 1.807) is 0 Å². The molecule has 0 aromatic carbocycles. The molecule has 1 aliphatic rings. The summed E-state index contributed by atoms with van der Waals surface area (Å²) in [6, 6.07) is 1.41. The van der Waals surface area contributed by atoms with Crippen molar-refractivity contribution in [2.75, 3.05) is 19.6 Å². The van der Waals surface area contributed by atoms with Crippen LogP contribution in [0, 0.1) is 11.8 Å². The van der Waals surface area contributed by atoms with Gasteiger partial charge in [0.15, 0.2) is 0 Å². The molecule has 102 valence electrons. The molecule has 0 saturated carbocycles. The highest BCUT2D eigenvalue weighted by molar-refractivity contribution is 4.85. The SMILES string of the molecule is CCCC(C)CN1CC(C)NCC1CC(C)C. The van der Waals surface area contributed by atoms with E-state index in [1.165, 1.54) is 38.9 Å². The van der Waals surface area contributed by atoms with Crippen molar-refractivity contribution in [2.24, 2.45) is 11.8 Å². The van der Waals surface area contributed by atoms with E-state index in [1.807, 2.05) is 0 Å².